The largest absolute Gasteiger partial charge is 0.478 e. The van der Waals surface area contributed by atoms with Crippen molar-refractivity contribution in [2.45, 2.75) is 25.5 Å². The molecule has 0 radical (unpaired) electrons. The van der Waals surface area contributed by atoms with E-state index in [1.54, 1.807) is 12.1 Å². The molecular weight excluding hydrogens is 328 g/mol. The third kappa shape index (κ3) is 3.23. The highest BCUT2D eigenvalue weighted by Gasteiger charge is 2.19. The highest BCUT2D eigenvalue weighted by atomic mass is 16.4. The van der Waals surface area contributed by atoms with Crippen LogP contribution in [0.2, 0.25) is 0 Å². The van der Waals surface area contributed by atoms with E-state index in [2.05, 4.69) is 27.8 Å². The molecule has 2 aromatic carbocycles. The Morgan fingerprint density at radius 1 is 1.04 bits per heavy atom. The number of carbonyl (C=O) groups is 1. The lowest BCUT2D eigenvalue weighted by Gasteiger charge is -2.29. The summed E-state index contributed by atoms with van der Waals surface area (Å²) >= 11 is 0. The molecule has 2 N–H and O–H groups in total. The molecule has 3 aromatic rings. The number of aliphatic hydroxyl groups is 1. The van der Waals surface area contributed by atoms with Crippen LogP contribution in [0.1, 0.15) is 28.8 Å². The molecule has 4 rings (SSSR count). The molecule has 0 spiro atoms. The van der Waals surface area contributed by atoms with Gasteiger partial charge in [0.2, 0.25) is 0 Å². The molecule has 0 aliphatic carbocycles. The van der Waals surface area contributed by atoms with Crippen molar-refractivity contribution in [3.63, 3.8) is 0 Å². The normalized spacial score (nSPS) is 16.2. The molecule has 0 atom stereocenters. The SMILES string of the molecule is O=C(O)c1ccc(-n2cc(CN3CCC(O)CC3)c3ccccc32)cc1. The minimum absolute atomic E-state index is 0.166. The van der Waals surface area contributed by atoms with Gasteiger partial charge in [0.15, 0.2) is 0 Å². The summed E-state index contributed by atoms with van der Waals surface area (Å²) in [5, 5.41) is 20.0. The summed E-state index contributed by atoms with van der Waals surface area (Å²) in [6, 6.07) is 15.2. The van der Waals surface area contributed by atoms with E-state index in [9.17, 15) is 9.90 Å². The van der Waals surface area contributed by atoms with Gasteiger partial charge in [0.25, 0.3) is 0 Å². The van der Waals surface area contributed by atoms with Crippen LogP contribution in [-0.4, -0.2) is 44.8 Å². The fraction of sp³-hybridized carbons (Fsp3) is 0.286. The predicted octanol–water partition coefficient (Wildman–Crippen LogP) is 3.29. The Balaban J connectivity index is 1.68. The Morgan fingerprint density at radius 2 is 1.73 bits per heavy atom. The number of carboxylic acids is 1. The van der Waals surface area contributed by atoms with Crippen LogP contribution in [0.15, 0.2) is 54.7 Å². The number of likely N-dealkylation sites (tertiary alicyclic amines) is 1. The molecule has 1 aliphatic heterocycles. The zero-order valence-electron chi connectivity index (χ0n) is 14.5. The van der Waals surface area contributed by atoms with Crippen molar-refractivity contribution in [2.75, 3.05) is 13.1 Å². The number of rotatable bonds is 4. The Bertz CT molecular complexity index is 922. The fourth-order valence-electron chi connectivity index (χ4n) is 3.67. The van der Waals surface area contributed by atoms with Gasteiger partial charge < -0.3 is 14.8 Å². The summed E-state index contributed by atoms with van der Waals surface area (Å²) < 4.78 is 2.12. The summed E-state index contributed by atoms with van der Waals surface area (Å²) in [5.74, 6) is -0.915. The van der Waals surface area contributed by atoms with Crippen LogP contribution in [0.4, 0.5) is 0 Å². The Labute approximate surface area is 152 Å². The average molecular weight is 350 g/mol. The molecule has 2 heterocycles. The van der Waals surface area contributed by atoms with Crippen molar-refractivity contribution < 1.29 is 15.0 Å². The predicted molar refractivity (Wildman–Crippen MR) is 101 cm³/mol. The van der Waals surface area contributed by atoms with Crippen molar-refractivity contribution in [2.24, 2.45) is 0 Å². The van der Waals surface area contributed by atoms with Gasteiger partial charge in [0, 0.05) is 36.9 Å². The maximum Gasteiger partial charge on any atom is 0.335 e. The zero-order chi connectivity index (χ0) is 18.1. The maximum absolute atomic E-state index is 11.1. The minimum Gasteiger partial charge on any atom is -0.478 e. The number of fused-ring (bicyclic) bond motifs is 1. The topological polar surface area (TPSA) is 65.7 Å². The molecule has 1 fully saturated rings. The second kappa shape index (κ2) is 6.94. The second-order valence-electron chi connectivity index (χ2n) is 6.90. The number of aliphatic hydroxyl groups excluding tert-OH is 1. The van der Waals surface area contributed by atoms with E-state index >= 15 is 0 Å². The Morgan fingerprint density at radius 3 is 2.42 bits per heavy atom. The first-order valence-electron chi connectivity index (χ1n) is 8.95. The van der Waals surface area contributed by atoms with E-state index in [0.29, 0.717) is 0 Å². The number of piperidine rings is 1. The van der Waals surface area contributed by atoms with Crippen LogP contribution in [0.25, 0.3) is 16.6 Å². The van der Waals surface area contributed by atoms with Crippen molar-refractivity contribution in [3.8, 4) is 5.69 Å². The van der Waals surface area contributed by atoms with E-state index < -0.39 is 5.97 Å². The number of nitrogens with zero attached hydrogens (tertiary/aromatic N) is 2. The van der Waals surface area contributed by atoms with Gasteiger partial charge in [-0.1, -0.05) is 18.2 Å². The van der Waals surface area contributed by atoms with Gasteiger partial charge in [-0.05, 0) is 48.7 Å². The molecule has 26 heavy (non-hydrogen) atoms. The summed E-state index contributed by atoms with van der Waals surface area (Å²) in [5.41, 5.74) is 3.60. The smallest absolute Gasteiger partial charge is 0.335 e. The first kappa shape index (κ1) is 16.8. The average Bonchev–Trinajstić information content (AvgIpc) is 3.02. The summed E-state index contributed by atoms with van der Waals surface area (Å²) in [4.78, 5) is 13.5. The van der Waals surface area contributed by atoms with Crippen LogP contribution < -0.4 is 0 Å². The number of para-hydroxylation sites is 1. The van der Waals surface area contributed by atoms with E-state index in [0.717, 1.165) is 43.7 Å². The molecule has 1 aromatic heterocycles. The third-order valence-corrected chi connectivity index (χ3v) is 5.14. The number of aromatic carboxylic acids is 1. The van der Waals surface area contributed by atoms with Gasteiger partial charge in [-0.25, -0.2) is 4.79 Å². The number of hydrogen-bond donors (Lipinski definition) is 2. The molecule has 0 bridgehead atoms. The van der Waals surface area contributed by atoms with Gasteiger partial charge >= 0.3 is 5.97 Å². The molecular formula is C21H22N2O3. The lowest BCUT2D eigenvalue weighted by Crippen LogP contribution is -2.35. The lowest BCUT2D eigenvalue weighted by atomic mass is 10.1. The molecule has 1 saturated heterocycles. The monoisotopic (exact) mass is 350 g/mol. The number of carboxylic acid groups (broad SMARTS) is 1. The molecule has 134 valence electrons. The van der Waals surface area contributed by atoms with Crippen LogP contribution in [0.5, 0.6) is 0 Å². The van der Waals surface area contributed by atoms with Crippen LogP contribution in [-0.2, 0) is 6.54 Å². The molecule has 0 unspecified atom stereocenters. The molecule has 0 amide bonds. The van der Waals surface area contributed by atoms with Crippen LogP contribution >= 0.6 is 0 Å². The molecule has 5 nitrogen and oxygen atoms in total. The van der Waals surface area contributed by atoms with Gasteiger partial charge in [0.05, 0.1) is 17.2 Å². The third-order valence-electron chi connectivity index (χ3n) is 5.14. The minimum atomic E-state index is -0.915. The molecule has 0 saturated carbocycles. The van der Waals surface area contributed by atoms with Crippen molar-refractivity contribution in [1.82, 2.24) is 9.47 Å². The first-order valence-corrected chi connectivity index (χ1v) is 8.95. The summed E-state index contributed by atoms with van der Waals surface area (Å²) in [6.45, 7) is 2.68. The van der Waals surface area contributed by atoms with Crippen LogP contribution in [0.3, 0.4) is 0 Å². The number of aromatic nitrogens is 1. The molecule has 1 aliphatic rings. The zero-order valence-corrected chi connectivity index (χ0v) is 14.5. The van der Waals surface area contributed by atoms with Crippen molar-refractivity contribution >= 4 is 16.9 Å². The number of benzene rings is 2. The van der Waals surface area contributed by atoms with Gasteiger partial charge in [-0.15, -0.1) is 0 Å². The van der Waals surface area contributed by atoms with E-state index in [-0.39, 0.29) is 11.7 Å². The fourth-order valence-corrected chi connectivity index (χ4v) is 3.67. The Kier molecular flexibility index (Phi) is 4.49. The highest BCUT2D eigenvalue weighted by Crippen LogP contribution is 2.27. The van der Waals surface area contributed by atoms with Gasteiger partial charge in [-0.3, -0.25) is 4.90 Å². The first-order chi connectivity index (χ1) is 12.6. The summed E-state index contributed by atoms with van der Waals surface area (Å²) in [6.07, 6.45) is 3.64. The van der Waals surface area contributed by atoms with Gasteiger partial charge in [-0.2, -0.15) is 0 Å². The van der Waals surface area contributed by atoms with E-state index in [1.165, 1.54) is 10.9 Å². The number of hydrogen-bond acceptors (Lipinski definition) is 3. The van der Waals surface area contributed by atoms with Crippen LogP contribution in [0, 0.1) is 0 Å². The van der Waals surface area contributed by atoms with Crippen molar-refractivity contribution in [1.29, 1.82) is 0 Å². The van der Waals surface area contributed by atoms with Gasteiger partial charge in [0.1, 0.15) is 0 Å². The lowest BCUT2D eigenvalue weighted by molar-refractivity contribution is 0.0696. The van der Waals surface area contributed by atoms with E-state index in [1.807, 2.05) is 24.3 Å². The quantitative estimate of drug-likeness (QED) is 0.758. The second-order valence-corrected chi connectivity index (χ2v) is 6.90. The van der Waals surface area contributed by atoms with E-state index in [4.69, 9.17) is 5.11 Å². The maximum atomic E-state index is 11.1. The molecule has 5 heteroatoms. The van der Waals surface area contributed by atoms with Crippen molar-refractivity contribution in [3.05, 3.63) is 65.9 Å². The summed E-state index contributed by atoms with van der Waals surface area (Å²) in [7, 11) is 0. The highest BCUT2D eigenvalue weighted by molar-refractivity contribution is 5.88. The Hall–Kier alpha value is -2.63. The standard InChI is InChI=1S/C21H22N2O3/c24-18-9-11-22(12-10-18)13-16-14-23(20-4-2-1-3-19(16)20)17-7-5-15(6-8-17)21(25)26/h1-8,14,18,24H,9-13H2,(H,25,26).